The summed E-state index contributed by atoms with van der Waals surface area (Å²) in [6.45, 7) is 5.83. The van der Waals surface area contributed by atoms with Gasteiger partial charge in [0.1, 0.15) is 0 Å². The molecule has 2 N–H and O–H groups in total. The minimum absolute atomic E-state index is 0.214. The van der Waals surface area contributed by atoms with E-state index in [1.807, 2.05) is 24.0 Å². The van der Waals surface area contributed by atoms with Gasteiger partial charge in [0.05, 0.1) is 0 Å². The molecule has 0 aliphatic carbocycles. The molecule has 152 valence electrons. The molecule has 4 rings (SSSR count). The Morgan fingerprint density at radius 3 is 2.76 bits per heavy atom. The summed E-state index contributed by atoms with van der Waals surface area (Å²) in [4.78, 5) is 16.3. The van der Waals surface area contributed by atoms with Crippen LogP contribution in [-0.2, 0) is 11.2 Å². The summed E-state index contributed by atoms with van der Waals surface area (Å²) in [6, 6.07) is 14.7. The standard InChI is InChI=1S/C23H28N4OS/c1-17-16-19(9-10-20(17)27-14-4-8-22(27)28)25-23(29)24-12-5-13-26-15-11-18-6-2-3-7-21(18)26/h2-3,6-7,9-10,16H,4-5,8,11-15H2,1H3,(H2,24,25,29). The van der Waals surface area contributed by atoms with Crippen molar-refractivity contribution in [3.05, 3.63) is 53.6 Å². The Morgan fingerprint density at radius 2 is 1.97 bits per heavy atom. The van der Waals surface area contributed by atoms with E-state index in [0.717, 1.165) is 62.4 Å². The van der Waals surface area contributed by atoms with Crippen LogP contribution in [0.5, 0.6) is 0 Å². The first-order valence-corrected chi connectivity index (χ1v) is 10.8. The largest absolute Gasteiger partial charge is 0.371 e. The van der Waals surface area contributed by atoms with E-state index < -0.39 is 0 Å². The number of thiocarbonyl (C=S) groups is 1. The number of hydrogen-bond donors (Lipinski definition) is 2. The van der Waals surface area contributed by atoms with Gasteiger partial charge in [-0.25, -0.2) is 0 Å². The van der Waals surface area contributed by atoms with Crippen LogP contribution in [0.1, 0.15) is 30.4 Å². The summed E-state index contributed by atoms with van der Waals surface area (Å²) in [6.07, 6.45) is 3.76. The molecule has 1 saturated heterocycles. The highest BCUT2D eigenvalue weighted by Gasteiger charge is 2.23. The van der Waals surface area contributed by atoms with E-state index in [1.165, 1.54) is 11.3 Å². The van der Waals surface area contributed by atoms with Crippen LogP contribution < -0.4 is 20.4 Å². The number of carbonyl (C=O) groups excluding carboxylic acids is 1. The fraction of sp³-hybridized carbons (Fsp3) is 0.391. The van der Waals surface area contributed by atoms with Crippen molar-refractivity contribution in [2.45, 2.75) is 32.6 Å². The van der Waals surface area contributed by atoms with Crippen LogP contribution >= 0.6 is 12.2 Å². The quantitative estimate of drug-likeness (QED) is 0.561. The van der Waals surface area contributed by atoms with Crippen molar-refractivity contribution in [1.29, 1.82) is 0 Å². The van der Waals surface area contributed by atoms with Gasteiger partial charge in [0, 0.05) is 49.7 Å². The second-order valence-corrected chi connectivity index (χ2v) is 8.16. The summed E-state index contributed by atoms with van der Waals surface area (Å²) < 4.78 is 0. The van der Waals surface area contributed by atoms with E-state index >= 15 is 0 Å². The Kier molecular flexibility index (Phi) is 6.00. The summed E-state index contributed by atoms with van der Waals surface area (Å²) in [5, 5.41) is 7.20. The zero-order valence-electron chi connectivity index (χ0n) is 16.9. The predicted octanol–water partition coefficient (Wildman–Crippen LogP) is 3.86. The van der Waals surface area contributed by atoms with E-state index in [4.69, 9.17) is 12.2 Å². The average molecular weight is 409 g/mol. The fourth-order valence-electron chi connectivity index (χ4n) is 4.22. The molecule has 1 amide bonds. The number of rotatable bonds is 6. The van der Waals surface area contributed by atoms with Gasteiger partial charge in [-0.15, -0.1) is 0 Å². The van der Waals surface area contributed by atoms with Crippen LogP contribution in [0.4, 0.5) is 17.1 Å². The molecular formula is C23H28N4OS. The van der Waals surface area contributed by atoms with E-state index in [2.05, 4.69) is 45.9 Å². The topological polar surface area (TPSA) is 47.6 Å². The van der Waals surface area contributed by atoms with Gasteiger partial charge < -0.3 is 20.4 Å². The second-order valence-electron chi connectivity index (χ2n) is 7.75. The van der Waals surface area contributed by atoms with Crippen molar-refractivity contribution in [2.75, 3.05) is 41.3 Å². The zero-order chi connectivity index (χ0) is 20.2. The highest BCUT2D eigenvalue weighted by atomic mass is 32.1. The Bertz CT molecular complexity index is 914. The van der Waals surface area contributed by atoms with E-state index in [9.17, 15) is 4.79 Å². The Morgan fingerprint density at radius 1 is 1.10 bits per heavy atom. The second kappa shape index (κ2) is 8.82. The molecule has 2 aromatic carbocycles. The van der Waals surface area contributed by atoms with Gasteiger partial charge in [-0.3, -0.25) is 4.79 Å². The molecular weight excluding hydrogens is 380 g/mol. The van der Waals surface area contributed by atoms with Crippen LogP contribution in [-0.4, -0.2) is 37.2 Å². The van der Waals surface area contributed by atoms with Crippen LogP contribution in [0.3, 0.4) is 0 Å². The van der Waals surface area contributed by atoms with Crippen molar-refractivity contribution >= 4 is 40.3 Å². The third kappa shape index (κ3) is 4.53. The number of aryl methyl sites for hydroxylation is 1. The van der Waals surface area contributed by atoms with Crippen LogP contribution in [0.15, 0.2) is 42.5 Å². The maximum atomic E-state index is 12.0. The third-order valence-corrected chi connectivity index (χ3v) is 5.94. The molecule has 6 heteroatoms. The molecule has 29 heavy (non-hydrogen) atoms. The molecule has 5 nitrogen and oxygen atoms in total. The molecule has 2 aromatic rings. The normalized spacial score (nSPS) is 15.6. The van der Waals surface area contributed by atoms with E-state index in [1.54, 1.807) is 0 Å². The number of fused-ring (bicyclic) bond motifs is 1. The highest BCUT2D eigenvalue weighted by molar-refractivity contribution is 7.80. The van der Waals surface area contributed by atoms with Gasteiger partial charge in [-0.2, -0.15) is 0 Å². The highest BCUT2D eigenvalue weighted by Crippen LogP contribution is 2.28. The molecule has 2 aliphatic rings. The number of amides is 1. The minimum Gasteiger partial charge on any atom is -0.371 e. The van der Waals surface area contributed by atoms with Gasteiger partial charge in [0.15, 0.2) is 5.11 Å². The van der Waals surface area contributed by atoms with Gasteiger partial charge in [-0.1, -0.05) is 18.2 Å². The van der Waals surface area contributed by atoms with Gasteiger partial charge in [-0.05, 0) is 73.8 Å². The number of carbonyl (C=O) groups is 1. The van der Waals surface area contributed by atoms with E-state index in [-0.39, 0.29) is 5.91 Å². The number of para-hydroxylation sites is 1. The van der Waals surface area contributed by atoms with Crippen molar-refractivity contribution in [3.8, 4) is 0 Å². The molecule has 0 aromatic heterocycles. The van der Waals surface area contributed by atoms with Gasteiger partial charge >= 0.3 is 0 Å². The molecule has 0 bridgehead atoms. The molecule has 0 spiro atoms. The van der Waals surface area contributed by atoms with Crippen molar-refractivity contribution in [1.82, 2.24) is 5.32 Å². The predicted molar refractivity (Wildman–Crippen MR) is 124 cm³/mol. The van der Waals surface area contributed by atoms with Crippen molar-refractivity contribution in [2.24, 2.45) is 0 Å². The Balaban J connectivity index is 1.23. The number of nitrogens with zero attached hydrogens (tertiary/aromatic N) is 2. The smallest absolute Gasteiger partial charge is 0.227 e. The number of benzene rings is 2. The van der Waals surface area contributed by atoms with Gasteiger partial charge in [0.25, 0.3) is 0 Å². The first kappa shape index (κ1) is 19.7. The van der Waals surface area contributed by atoms with Crippen LogP contribution in [0.2, 0.25) is 0 Å². The lowest BCUT2D eigenvalue weighted by molar-refractivity contribution is -0.117. The lowest BCUT2D eigenvalue weighted by atomic mass is 10.1. The van der Waals surface area contributed by atoms with Crippen molar-refractivity contribution < 1.29 is 4.79 Å². The maximum Gasteiger partial charge on any atom is 0.227 e. The summed E-state index contributed by atoms with van der Waals surface area (Å²) in [5.41, 5.74) is 5.86. The molecule has 0 saturated carbocycles. The molecule has 2 aliphatic heterocycles. The molecule has 1 fully saturated rings. The molecule has 2 heterocycles. The first-order valence-electron chi connectivity index (χ1n) is 10.4. The fourth-order valence-corrected chi connectivity index (χ4v) is 4.44. The number of anilines is 3. The molecule has 0 radical (unpaired) electrons. The minimum atomic E-state index is 0.214. The zero-order valence-corrected chi connectivity index (χ0v) is 17.7. The molecule has 0 atom stereocenters. The molecule has 0 unspecified atom stereocenters. The maximum absolute atomic E-state index is 12.0. The number of hydrogen-bond acceptors (Lipinski definition) is 3. The summed E-state index contributed by atoms with van der Waals surface area (Å²) >= 11 is 5.45. The van der Waals surface area contributed by atoms with Crippen LogP contribution in [0.25, 0.3) is 0 Å². The Hall–Kier alpha value is -2.60. The lowest BCUT2D eigenvalue weighted by Crippen LogP contribution is -2.32. The van der Waals surface area contributed by atoms with E-state index in [0.29, 0.717) is 11.5 Å². The Labute approximate surface area is 178 Å². The van der Waals surface area contributed by atoms with Crippen LogP contribution in [0, 0.1) is 6.92 Å². The van der Waals surface area contributed by atoms with Crippen molar-refractivity contribution in [3.63, 3.8) is 0 Å². The number of nitrogens with one attached hydrogen (secondary N) is 2. The van der Waals surface area contributed by atoms with Gasteiger partial charge in [0.2, 0.25) is 5.91 Å². The third-order valence-electron chi connectivity index (χ3n) is 5.69. The summed E-state index contributed by atoms with van der Waals surface area (Å²) in [7, 11) is 0. The first-order chi connectivity index (χ1) is 14.1. The average Bonchev–Trinajstić information content (AvgIpc) is 3.32. The monoisotopic (exact) mass is 408 g/mol. The summed E-state index contributed by atoms with van der Waals surface area (Å²) in [5.74, 6) is 0.214. The lowest BCUT2D eigenvalue weighted by Gasteiger charge is -2.20. The SMILES string of the molecule is Cc1cc(NC(=S)NCCCN2CCc3ccccc32)ccc1N1CCCC1=O.